The fraction of sp³-hybridized carbons (Fsp3) is 0.286. The minimum Gasteiger partial charge on any atom is -0.467 e. The molecule has 0 aromatic carbocycles. The largest absolute Gasteiger partial charge is 0.467 e. The van der Waals surface area contributed by atoms with Crippen LogP contribution in [-0.4, -0.2) is 21.5 Å². The molecule has 1 N–H and O–H groups in total. The van der Waals surface area contributed by atoms with Crippen LogP contribution < -0.4 is 5.32 Å². The minimum absolute atomic E-state index is 0.0276. The molecule has 1 aliphatic rings. The summed E-state index contributed by atoms with van der Waals surface area (Å²) in [5, 5.41) is 4.09. The number of rotatable bonds is 3. The number of pyridine rings is 1. The van der Waals surface area contributed by atoms with E-state index < -0.39 is 0 Å². The topological polar surface area (TPSA) is 41.3 Å². The summed E-state index contributed by atoms with van der Waals surface area (Å²) in [5.74, 6) is 0.907. The van der Waals surface area contributed by atoms with Gasteiger partial charge in [-0.3, -0.25) is 4.98 Å². The molecular formula is C14H15N3OS. The van der Waals surface area contributed by atoms with E-state index in [0.29, 0.717) is 0 Å². The third-order valence-electron chi connectivity index (χ3n) is 3.37. The van der Waals surface area contributed by atoms with Gasteiger partial charge in [-0.2, -0.15) is 0 Å². The molecule has 0 amide bonds. The van der Waals surface area contributed by atoms with Crippen molar-refractivity contribution < 1.29 is 4.42 Å². The van der Waals surface area contributed by atoms with Gasteiger partial charge in [-0.05, 0) is 43.4 Å². The van der Waals surface area contributed by atoms with Gasteiger partial charge in [-0.1, -0.05) is 6.07 Å². The van der Waals surface area contributed by atoms with Crippen molar-refractivity contribution in [2.75, 3.05) is 6.54 Å². The first kappa shape index (κ1) is 12.2. The van der Waals surface area contributed by atoms with Crippen molar-refractivity contribution in [3.8, 4) is 0 Å². The van der Waals surface area contributed by atoms with E-state index in [1.807, 2.05) is 30.3 Å². The molecule has 0 bridgehead atoms. The molecule has 1 aliphatic heterocycles. The van der Waals surface area contributed by atoms with Crippen molar-refractivity contribution in [3.05, 3.63) is 54.2 Å². The van der Waals surface area contributed by atoms with Gasteiger partial charge in [0.05, 0.1) is 18.0 Å². The Morgan fingerprint density at radius 3 is 2.89 bits per heavy atom. The summed E-state index contributed by atoms with van der Waals surface area (Å²) < 4.78 is 5.58. The predicted molar refractivity (Wildman–Crippen MR) is 76.5 cm³/mol. The molecule has 2 atom stereocenters. The Bertz CT molecular complexity index is 555. The highest BCUT2D eigenvalue weighted by Gasteiger charge is 2.40. The van der Waals surface area contributed by atoms with Crippen LogP contribution >= 0.6 is 12.2 Å². The van der Waals surface area contributed by atoms with Gasteiger partial charge in [-0.15, -0.1) is 0 Å². The fourth-order valence-electron chi connectivity index (χ4n) is 2.51. The lowest BCUT2D eigenvalue weighted by Gasteiger charge is -2.24. The number of furan rings is 1. The molecule has 0 unspecified atom stereocenters. The van der Waals surface area contributed by atoms with Crippen molar-refractivity contribution in [2.45, 2.75) is 19.0 Å². The number of hydrogen-bond donors (Lipinski definition) is 1. The summed E-state index contributed by atoms with van der Waals surface area (Å²) in [5.41, 5.74) is 0.974. The van der Waals surface area contributed by atoms with E-state index in [1.54, 1.807) is 12.5 Å². The summed E-state index contributed by atoms with van der Waals surface area (Å²) in [7, 11) is 0. The molecule has 0 spiro atoms. The second kappa shape index (κ2) is 5.01. The minimum atomic E-state index is 0.0276. The molecule has 1 fully saturated rings. The van der Waals surface area contributed by atoms with Crippen LogP contribution in [0, 0.1) is 0 Å². The Labute approximate surface area is 117 Å². The van der Waals surface area contributed by atoms with Gasteiger partial charge < -0.3 is 14.6 Å². The van der Waals surface area contributed by atoms with Crippen molar-refractivity contribution in [2.24, 2.45) is 0 Å². The molecule has 3 heterocycles. The number of likely N-dealkylation sites (N-methyl/N-ethyl adjacent to an activating group) is 1. The van der Waals surface area contributed by atoms with Crippen LogP contribution in [0.3, 0.4) is 0 Å². The molecule has 0 radical (unpaired) electrons. The average molecular weight is 273 g/mol. The third kappa shape index (κ3) is 2.10. The maximum absolute atomic E-state index is 5.58. The maximum atomic E-state index is 5.58. The molecule has 2 aromatic heterocycles. The molecule has 2 aromatic rings. The number of thiocarbonyl (C=S) groups is 1. The van der Waals surface area contributed by atoms with Crippen LogP contribution in [0.25, 0.3) is 0 Å². The van der Waals surface area contributed by atoms with Crippen molar-refractivity contribution >= 4 is 17.3 Å². The number of nitrogens with one attached hydrogen (secondary N) is 1. The Balaban J connectivity index is 2.01. The molecule has 98 valence electrons. The third-order valence-corrected chi connectivity index (χ3v) is 3.73. The Morgan fingerprint density at radius 2 is 2.26 bits per heavy atom. The van der Waals surface area contributed by atoms with Crippen LogP contribution in [0.5, 0.6) is 0 Å². The van der Waals surface area contributed by atoms with Crippen LogP contribution in [0.15, 0.2) is 47.2 Å². The summed E-state index contributed by atoms with van der Waals surface area (Å²) in [6.45, 7) is 2.92. The first-order chi connectivity index (χ1) is 9.31. The Morgan fingerprint density at radius 1 is 1.37 bits per heavy atom. The number of hydrogen-bond acceptors (Lipinski definition) is 3. The fourth-order valence-corrected chi connectivity index (χ4v) is 2.88. The second-order valence-corrected chi connectivity index (χ2v) is 4.81. The standard InChI is InChI=1S/C14H15N3OS/c1-2-17-13(11-7-5-9-18-11)12(16-14(17)19)10-6-3-4-8-15-10/h3-9,12-13H,2H2,1H3,(H,16,19)/t12-,13-/m1/s1. The molecule has 0 aliphatic carbocycles. The maximum Gasteiger partial charge on any atom is 0.170 e. The monoisotopic (exact) mass is 273 g/mol. The van der Waals surface area contributed by atoms with Gasteiger partial charge in [0.25, 0.3) is 0 Å². The lowest BCUT2D eigenvalue weighted by atomic mass is 10.0. The molecule has 0 saturated carbocycles. The first-order valence-corrected chi connectivity index (χ1v) is 6.73. The van der Waals surface area contributed by atoms with E-state index in [1.165, 1.54) is 0 Å². The highest BCUT2D eigenvalue weighted by Crippen LogP contribution is 2.38. The van der Waals surface area contributed by atoms with Crippen LogP contribution in [0.4, 0.5) is 0 Å². The lowest BCUT2D eigenvalue weighted by molar-refractivity contribution is 0.282. The highest BCUT2D eigenvalue weighted by molar-refractivity contribution is 7.80. The summed E-state index contributed by atoms with van der Waals surface area (Å²) in [4.78, 5) is 6.57. The van der Waals surface area contributed by atoms with Gasteiger partial charge in [-0.25, -0.2) is 0 Å². The SMILES string of the molecule is CCN1C(=S)N[C@H](c2ccccn2)[C@H]1c1ccco1. The van der Waals surface area contributed by atoms with Gasteiger partial charge in [0.15, 0.2) is 5.11 Å². The molecule has 5 heteroatoms. The smallest absolute Gasteiger partial charge is 0.170 e. The normalized spacial score (nSPS) is 22.6. The van der Waals surface area contributed by atoms with E-state index >= 15 is 0 Å². The van der Waals surface area contributed by atoms with E-state index in [2.05, 4.69) is 22.1 Å². The highest BCUT2D eigenvalue weighted by atomic mass is 32.1. The quantitative estimate of drug-likeness (QED) is 0.871. The molecule has 4 nitrogen and oxygen atoms in total. The molecule has 1 saturated heterocycles. The molecular weight excluding hydrogens is 258 g/mol. The average Bonchev–Trinajstić information content (AvgIpc) is 3.06. The van der Waals surface area contributed by atoms with Crippen LogP contribution in [0.2, 0.25) is 0 Å². The Kier molecular flexibility index (Phi) is 3.21. The van der Waals surface area contributed by atoms with Gasteiger partial charge in [0.1, 0.15) is 11.8 Å². The number of nitrogens with zero attached hydrogens (tertiary/aromatic N) is 2. The Hall–Kier alpha value is -1.88. The van der Waals surface area contributed by atoms with Crippen LogP contribution in [-0.2, 0) is 0 Å². The zero-order valence-electron chi connectivity index (χ0n) is 10.6. The van der Waals surface area contributed by atoms with Crippen molar-refractivity contribution in [3.63, 3.8) is 0 Å². The van der Waals surface area contributed by atoms with Crippen molar-refractivity contribution in [1.29, 1.82) is 0 Å². The van der Waals surface area contributed by atoms with E-state index in [-0.39, 0.29) is 12.1 Å². The number of aromatic nitrogens is 1. The van der Waals surface area contributed by atoms with E-state index in [9.17, 15) is 0 Å². The summed E-state index contributed by atoms with van der Waals surface area (Å²) in [6.07, 6.45) is 3.49. The zero-order chi connectivity index (χ0) is 13.2. The second-order valence-electron chi connectivity index (χ2n) is 4.43. The summed E-state index contributed by atoms with van der Waals surface area (Å²) >= 11 is 5.41. The predicted octanol–water partition coefficient (Wildman–Crippen LogP) is 2.67. The molecule has 19 heavy (non-hydrogen) atoms. The van der Waals surface area contributed by atoms with E-state index in [0.717, 1.165) is 23.1 Å². The van der Waals surface area contributed by atoms with Crippen molar-refractivity contribution in [1.82, 2.24) is 15.2 Å². The first-order valence-electron chi connectivity index (χ1n) is 6.32. The van der Waals surface area contributed by atoms with Gasteiger partial charge >= 0.3 is 0 Å². The van der Waals surface area contributed by atoms with E-state index in [4.69, 9.17) is 16.6 Å². The molecule has 3 rings (SSSR count). The summed E-state index contributed by atoms with van der Waals surface area (Å²) in [6, 6.07) is 9.88. The van der Waals surface area contributed by atoms with Gasteiger partial charge in [0, 0.05) is 12.7 Å². The lowest BCUT2D eigenvalue weighted by Crippen LogP contribution is -2.29. The van der Waals surface area contributed by atoms with Gasteiger partial charge in [0.2, 0.25) is 0 Å². The zero-order valence-corrected chi connectivity index (χ0v) is 11.4. The van der Waals surface area contributed by atoms with Crippen LogP contribution in [0.1, 0.15) is 30.5 Å².